The molecule has 0 aliphatic carbocycles. The molecule has 0 bridgehead atoms. The van der Waals surface area contributed by atoms with Crippen LogP contribution in [0.2, 0.25) is 0 Å². The van der Waals surface area contributed by atoms with E-state index in [1.807, 2.05) is 0 Å². The number of carbonyl (C=O) groups excluding carboxylic acids is 1. The van der Waals surface area contributed by atoms with Crippen LogP contribution in [0.25, 0.3) is 0 Å². The molecule has 0 radical (unpaired) electrons. The second-order valence-electron chi connectivity index (χ2n) is 5.51. The van der Waals surface area contributed by atoms with Gasteiger partial charge in [0, 0.05) is 5.56 Å². The lowest BCUT2D eigenvalue weighted by atomic mass is 9.96. The molecule has 2 amide bonds. The average molecular weight is 324 g/mol. The van der Waals surface area contributed by atoms with E-state index < -0.39 is 29.0 Å². The summed E-state index contributed by atoms with van der Waals surface area (Å²) in [5.41, 5.74) is -1.39. The summed E-state index contributed by atoms with van der Waals surface area (Å²) in [5, 5.41) is 14.9. The molecule has 124 valence electrons. The van der Waals surface area contributed by atoms with Crippen LogP contribution in [0.4, 0.5) is 19.3 Å². The lowest BCUT2D eigenvalue weighted by Gasteiger charge is -2.23. The summed E-state index contributed by atoms with van der Waals surface area (Å²) in [6.45, 7) is 4.79. The van der Waals surface area contributed by atoms with Crippen LogP contribution >= 0.6 is 0 Å². The zero-order chi connectivity index (χ0) is 17.2. The van der Waals surface area contributed by atoms with Gasteiger partial charge >= 0.3 is 6.03 Å². The number of aryl methyl sites for hydroxylation is 2. The van der Waals surface area contributed by atoms with Crippen LogP contribution in [-0.4, -0.2) is 17.7 Å². The third-order valence-corrected chi connectivity index (χ3v) is 3.42. The van der Waals surface area contributed by atoms with Gasteiger partial charge < -0.3 is 20.2 Å². The number of carbonyl (C=O) groups is 1. The zero-order valence-corrected chi connectivity index (χ0v) is 13.0. The molecule has 0 saturated carbocycles. The number of anilines is 1. The molecule has 5 nitrogen and oxygen atoms in total. The maximum atomic E-state index is 13.5. The smallest absolute Gasteiger partial charge is 0.319 e. The van der Waals surface area contributed by atoms with Crippen LogP contribution in [0.15, 0.2) is 28.7 Å². The van der Waals surface area contributed by atoms with Crippen molar-refractivity contribution in [2.45, 2.75) is 26.4 Å². The van der Waals surface area contributed by atoms with Crippen LogP contribution < -0.4 is 10.6 Å². The van der Waals surface area contributed by atoms with Crippen molar-refractivity contribution in [1.82, 2.24) is 5.32 Å². The molecule has 2 rings (SSSR count). The minimum absolute atomic E-state index is 0.158. The van der Waals surface area contributed by atoms with Gasteiger partial charge in [-0.05, 0) is 39.0 Å². The molecule has 1 aromatic carbocycles. The minimum Gasteiger partial charge on any atom is -0.466 e. The second kappa shape index (κ2) is 6.37. The van der Waals surface area contributed by atoms with E-state index in [4.69, 9.17) is 4.42 Å². The van der Waals surface area contributed by atoms with E-state index in [1.165, 1.54) is 13.0 Å². The number of aliphatic hydroxyl groups is 1. The molecule has 0 unspecified atom stereocenters. The van der Waals surface area contributed by atoms with Gasteiger partial charge in [-0.3, -0.25) is 0 Å². The maximum Gasteiger partial charge on any atom is 0.319 e. The number of urea groups is 1. The van der Waals surface area contributed by atoms with Gasteiger partial charge in [0.25, 0.3) is 0 Å². The van der Waals surface area contributed by atoms with Gasteiger partial charge in [0.15, 0.2) is 0 Å². The molecule has 0 aliphatic rings. The van der Waals surface area contributed by atoms with Crippen molar-refractivity contribution in [2.24, 2.45) is 0 Å². The Hall–Kier alpha value is -2.41. The lowest BCUT2D eigenvalue weighted by Crippen LogP contribution is -2.41. The van der Waals surface area contributed by atoms with Crippen molar-refractivity contribution < 1.29 is 23.1 Å². The molecule has 1 aromatic heterocycles. The number of benzene rings is 1. The Labute approximate surface area is 132 Å². The molecule has 2 aromatic rings. The van der Waals surface area contributed by atoms with Crippen molar-refractivity contribution in [3.05, 3.63) is 53.0 Å². The fourth-order valence-corrected chi connectivity index (χ4v) is 2.29. The number of furan rings is 1. The number of rotatable bonds is 4. The monoisotopic (exact) mass is 324 g/mol. The van der Waals surface area contributed by atoms with E-state index >= 15 is 0 Å². The number of nitrogens with one attached hydrogen (secondary N) is 2. The summed E-state index contributed by atoms with van der Waals surface area (Å²) < 4.78 is 32.3. The highest BCUT2D eigenvalue weighted by molar-refractivity contribution is 5.89. The van der Waals surface area contributed by atoms with Crippen LogP contribution in [0, 0.1) is 25.5 Å². The van der Waals surface area contributed by atoms with Crippen molar-refractivity contribution in [1.29, 1.82) is 0 Å². The molecule has 1 heterocycles. The molecule has 0 spiro atoms. The predicted octanol–water partition coefficient (Wildman–Crippen LogP) is 3.20. The molecule has 0 saturated heterocycles. The number of amides is 2. The van der Waals surface area contributed by atoms with Crippen LogP contribution in [-0.2, 0) is 5.60 Å². The highest BCUT2D eigenvalue weighted by Gasteiger charge is 2.28. The van der Waals surface area contributed by atoms with Crippen LogP contribution in [0.3, 0.4) is 0 Å². The lowest BCUT2D eigenvalue weighted by molar-refractivity contribution is 0.0584. The van der Waals surface area contributed by atoms with Gasteiger partial charge in [0.2, 0.25) is 0 Å². The summed E-state index contributed by atoms with van der Waals surface area (Å²) >= 11 is 0. The molecule has 0 fully saturated rings. The maximum absolute atomic E-state index is 13.5. The van der Waals surface area contributed by atoms with E-state index in [0.717, 1.165) is 12.1 Å². The summed E-state index contributed by atoms with van der Waals surface area (Å²) in [7, 11) is 0. The Kier molecular flexibility index (Phi) is 4.70. The Bertz CT molecular complexity index is 706. The van der Waals surface area contributed by atoms with Gasteiger partial charge in [-0.2, -0.15) is 0 Å². The number of hydrogen-bond donors (Lipinski definition) is 3. The fraction of sp³-hybridized carbons (Fsp3) is 0.312. The average Bonchev–Trinajstić information content (AvgIpc) is 2.81. The minimum atomic E-state index is -1.38. The third-order valence-electron chi connectivity index (χ3n) is 3.42. The van der Waals surface area contributed by atoms with Crippen molar-refractivity contribution in [3.8, 4) is 0 Å². The molecular weight excluding hydrogens is 306 g/mol. The van der Waals surface area contributed by atoms with Crippen molar-refractivity contribution >= 4 is 11.7 Å². The first-order valence-corrected chi connectivity index (χ1v) is 6.99. The fourth-order valence-electron chi connectivity index (χ4n) is 2.29. The highest BCUT2D eigenvalue weighted by atomic mass is 19.1. The van der Waals surface area contributed by atoms with Crippen molar-refractivity contribution in [3.63, 3.8) is 0 Å². The van der Waals surface area contributed by atoms with E-state index in [2.05, 4.69) is 10.6 Å². The summed E-state index contributed by atoms with van der Waals surface area (Å²) in [6, 6.07) is 4.11. The van der Waals surface area contributed by atoms with Gasteiger partial charge in [0.05, 0.1) is 6.54 Å². The molecular formula is C16H18F2N2O3. The zero-order valence-electron chi connectivity index (χ0n) is 13.0. The normalized spacial score (nSPS) is 13.5. The first kappa shape index (κ1) is 17.0. The first-order valence-electron chi connectivity index (χ1n) is 6.99. The second-order valence-corrected chi connectivity index (χ2v) is 5.51. The Morgan fingerprint density at radius 1 is 1.30 bits per heavy atom. The van der Waals surface area contributed by atoms with Gasteiger partial charge in [0.1, 0.15) is 34.4 Å². The van der Waals surface area contributed by atoms with Crippen molar-refractivity contribution in [2.75, 3.05) is 11.9 Å². The quantitative estimate of drug-likeness (QED) is 0.808. The SMILES string of the molecule is Cc1cc([C@@](C)(O)CNC(=O)Nc2c(F)cccc2F)c(C)o1. The van der Waals surface area contributed by atoms with Gasteiger partial charge in [-0.15, -0.1) is 0 Å². The Morgan fingerprint density at radius 3 is 2.43 bits per heavy atom. The van der Waals surface area contributed by atoms with Gasteiger partial charge in [-0.25, -0.2) is 13.6 Å². The highest BCUT2D eigenvalue weighted by Crippen LogP contribution is 2.26. The van der Waals surface area contributed by atoms with Gasteiger partial charge in [-0.1, -0.05) is 6.07 Å². The predicted molar refractivity (Wildman–Crippen MR) is 81.1 cm³/mol. The van der Waals surface area contributed by atoms with Crippen LogP contribution in [0.5, 0.6) is 0 Å². The van der Waals surface area contributed by atoms with Crippen LogP contribution in [0.1, 0.15) is 24.0 Å². The van der Waals surface area contributed by atoms with E-state index in [0.29, 0.717) is 17.1 Å². The third kappa shape index (κ3) is 3.87. The topological polar surface area (TPSA) is 74.5 Å². The Balaban J connectivity index is 2.03. The number of hydrogen-bond acceptors (Lipinski definition) is 3. The molecule has 0 aliphatic heterocycles. The number of halogens is 2. The number of para-hydroxylation sites is 1. The first-order chi connectivity index (χ1) is 10.7. The largest absolute Gasteiger partial charge is 0.466 e. The summed E-state index contributed by atoms with van der Waals surface area (Å²) in [5.74, 6) is -0.591. The molecule has 3 N–H and O–H groups in total. The Morgan fingerprint density at radius 2 is 1.91 bits per heavy atom. The molecule has 23 heavy (non-hydrogen) atoms. The summed E-state index contributed by atoms with van der Waals surface area (Å²) in [4.78, 5) is 11.8. The standard InChI is InChI=1S/C16H18F2N2O3/c1-9-7-11(10(2)23-9)16(3,22)8-19-15(21)20-14-12(17)5-4-6-13(14)18/h4-7,22H,8H2,1-3H3,(H2,19,20,21)/t16-/m0/s1. The van der Waals surface area contributed by atoms with E-state index in [9.17, 15) is 18.7 Å². The van der Waals surface area contributed by atoms with E-state index in [-0.39, 0.29) is 6.54 Å². The summed E-state index contributed by atoms with van der Waals surface area (Å²) in [6.07, 6.45) is 0. The van der Waals surface area contributed by atoms with E-state index in [1.54, 1.807) is 19.9 Å². The molecule has 1 atom stereocenters. The molecule has 7 heteroatoms.